The van der Waals surface area contributed by atoms with Gasteiger partial charge in [0.1, 0.15) is 28.4 Å². The lowest BCUT2D eigenvalue weighted by atomic mass is 9.98. The van der Waals surface area contributed by atoms with Gasteiger partial charge in [0.25, 0.3) is 0 Å². The second-order valence-corrected chi connectivity index (χ2v) is 14.0. The Morgan fingerprint density at radius 3 is 1.50 bits per heavy atom. The summed E-state index contributed by atoms with van der Waals surface area (Å²) in [5.41, 5.74) is 12.1. The van der Waals surface area contributed by atoms with Gasteiger partial charge >= 0.3 is 0 Å². The molecule has 0 atom stereocenters. The average Bonchev–Trinajstić information content (AvgIpc) is 3.96. The van der Waals surface area contributed by atoms with Gasteiger partial charge in [0.2, 0.25) is 0 Å². The average molecular weight is 690 g/mol. The van der Waals surface area contributed by atoms with Gasteiger partial charge in [-0.15, -0.1) is 0 Å². The molecule has 0 saturated carbocycles. The van der Waals surface area contributed by atoms with Gasteiger partial charge in [-0.25, -0.2) is 0 Å². The van der Waals surface area contributed by atoms with Crippen LogP contribution in [0.4, 0.5) is 0 Å². The predicted octanol–water partition coefficient (Wildman–Crippen LogP) is 13.2. The van der Waals surface area contributed by atoms with Crippen molar-refractivity contribution in [1.29, 1.82) is 5.26 Å². The summed E-state index contributed by atoms with van der Waals surface area (Å²) in [7, 11) is 0. The molecule has 0 saturated heterocycles. The van der Waals surface area contributed by atoms with Crippen LogP contribution in [0.25, 0.3) is 110 Å². The Bertz CT molecular complexity index is 3590. The molecule has 0 unspecified atom stereocenters. The summed E-state index contributed by atoms with van der Waals surface area (Å²) in [6.07, 6.45) is 0. The molecular weight excluding hydrogens is 663 g/mol. The van der Waals surface area contributed by atoms with E-state index in [1.54, 1.807) is 0 Å². The van der Waals surface area contributed by atoms with Gasteiger partial charge in [-0.05, 0) is 60.7 Å². The standard InChI is InChI=1S/C49H27N3O2/c50-28-29-12-11-18-35(49(29)52-42-21-8-3-15-32(42)37-27-48-39(25-44(37)52)34-17-5-10-23-46(34)54-48)30-13-1-6-19-40(30)51-41-20-7-2-14-31(41)36-26-47-38(24-43(36)51)33-16-4-9-22-45(33)53-47/h1-27H. The van der Waals surface area contributed by atoms with E-state index in [4.69, 9.17) is 8.83 Å². The van der Waals surface area contributed by atoms with Crippen LogP contribution in [-0.4, -0.2) is 9.13 Å². The molecule has 8 aromatic carbocycles. The number of fused-ring (bicyclic) bond motifs is 12. The van der Waals surface area contributed by atoms with E-state index in [0.717, 1.165) is 110 Å². The largest absolute Gasteiger partial charge is 0.456 e. The molecule has 0 spiro atoms. The molecule has 0 bridgehead atoms. The summed E-state index contributed by atoms with van der Waals surface area (Å²) in [5.74, 6) is 0. The van der Waals surface area contributed by atoms with E-state index < -0.39 is 0 Å². The Labute approximate surface area is 307 Å². The highest BCUT2D eigenvalue weighted by molar-refractivity contribution is 6.19. The van der Waals surface area contributed by atoms with E-state index in [1.807, 2.05) is 42.5 Å². The number of rotatable bonds is 3. The molecule has 12 rings (SSSR count). The van der Waals surface area contributed by atoms with Crippen molar-refractivity contribution >= 4 is 87.5 Å². The molecule has 0 amide bonds. The van der Waals surface area contributed by atoms with E-state index in [9.17, 15) is 5.26 Å². The van der Waals surface area contributed by atoms with Crippen molar-refractivity contribution in [3.63, 3.8) is 0 Å². The Morgan fingerprint density at radius 2 is 0.870 bits per heavy atom. The minimum atomic E-state index is 0.593. The Kier molecular flexibility index (Phi) is 5.78. The molecule has 0 N–H and O–H groups in total. The van der Waals surface area contributed by atoms with Gasteiger partial charge in [-0.2, -0.15) is 5.26 Å². The normalized spacial score (nSPS) is 12.1. The number of hydrogen-bond acceptors (Lipinski definition) is 3. The molecular formula is C49H27N3O2. The van der Waals surface area contributed by atoms with Crippen LogP contribution >= 0.6 is 0 Å². The summed E-state index contributed by atoms with van der Waals surface area (Å²) in [6.45, 7) is 0. The fourth-order valence-electron chi connectivity index (χ4n) is 8.86. The molecule has 4 heterocycles. The van der Waals surface area contributed by atoms with Gasteiger partial charge in [-0.3, -0.25) is 0 Å². The fraction of sp³-hybridized carbons (Fsp3) is 0. The zero-order chi connectivity index (χ0) is 35.5. The summed E-state index contributed by atoms with van der Waals surface area (Å²) in [4.78, 5) is 0. The molecule has 0 aliphatic carbocycles. The smallest absolute Gasteiger partial charge is 0.136 e. The number of aromatic nitrogens is 2. The lowest BCUT2D eigenvalue weighted by molar-refractivity contribution is 0.669. The van der Waals surface area contributed by atoms with Gasteiger partial charge in [0.05, 0.1) is 39.0 Å². The molecule has 0 fully saturated rings. The summed E-state index contributed by atoms with van der Waals surface area (Å²) >= 11 is 0. The zero-order valence-electron chi connectivity index (χ0n) is 28.7. The Balaban J connectivity index is 1.19. The van der Waals surface area contributed by atoms with E-state index in [0.29, 0.717) is 5.56 Å². The summed E-state index contributed by atoms with van der Waals surface area (Å²) in [5, 5.41) is 19.5. The van der Waals surface area contributed by atoms with E-state index >= 15 is 0 Å². The first kappa shape index (κ1) is 29.1. The fourth-order valence-corrected chi connectivity index (χ4v) is 8.86. The van der Waals surface area contributed by atoms with Crippen molar-refractivity contribution in [2.75, 3.05) is 0 Å². The molecule has 54 heavy (non-hydrogen) atoms. The van der Waals surface area contributed by atoms with Crippen LogP contribution in [0.2, 0.25) is 0 Å². The quantitative estimate of drug-likeness (QED) is 0.185. The molecule has 0 aliphatic heterocycles. The van der Waals surface area contributed by atoms with Crippen molar-refractivity contribution in [2.45, 2.75) is 0 Å². The minimum Gasteiger partial charge on any atom is -0.456 e. The SMILES string of the molecule is N#Cc1cccc(-c2ccccc2-n2c3ccccc3c3cc4oc5ccccc5c4cc32)c1-n1c2ccccc2c2cc3oc4ccccc4c3cc21. The highest BCUT2D eigenvalue weighted by Gasteiger charge is 2.24. The first-order valence-electron chi connectivity index (χ1n) is 18.1. The molecule has 250 valence electrons. The van der Waals surface area contributed by atoms with Crippen molar-refractivity contribution in [1.82, 2.24) is 9.13 Å². The third kappa shape index (κ3) is 3.86. The maximum atomic E-state index is 10.8. The monoisotopic (exact) mass is 689 g/mol. The summed E-state index contributed by atoms with van der Waals surface area (Å²) in [6, 6.07) is 59.5. The number of furan rings is 2. The highest BCUT2D eigenvalue weighted by Crippen LogP contribution is 2.44. The zero-order valence-corrected chi connectivity index (χ0v) is 28.7. The third-order valence-corrected chi connectivity index (χ3v) is 11.2. The lowest BCUT2D eigenvalue weighted by Crippen LogP contribution is -2.03. The van der Waals surface area contributed by atoms with Crippen LogP contribution in [0.15, 0.2) is 173 Å². The van der Waals surface area contributed by atoms with Gasteiger partial charge < -0.3 is 18.0 Å². The second-order valence-electron chi connectivity index (χ2n) is 14.0. The Morgan fingerprint density at radius 1 is 0.370 bits per heavy atom. The van der Waals surface area contributed by atoms with Crippen LogP contribution in [0.5, 0.6) is 0 Å². The van der Waals surface area contributed by atoms with Crippen molar-refractivity contribution in [2.24, 2.45) is 0 Å². The maximum absolute atomic E-state index is 10.8. The number of nitriles is 1. The first-order chi connectivity index (χ1) is 26.7. The molecule has 0 aliphatic rings. The maximum Gasteiger partial charge on any atom is 0.136 e. The highest BCUT2D eigenvalue weighted by atomic mass is 16.3. The van der Waals surface area contributed by atoms with E-state index in [2.05, 4.69) is 137 Å². The Hall–Kier alpha value is -7.55. The molecule has 5 heteroatoms. The van der Waals surface area contributed by atoms with Crippen molar-refractivity contribution < 1.29 is 8.83 Å². The minimum absolute atomic E-state index is 0.593. The summed E-state index contributed by atoms with van der Waals surface area (Å²) < 4.78 is 17.4. The van der Waals surface area contributed by atoms with Crippen LogP contribution in [0.1, 0.15) is 5.56 Å². The van der Waals surface area contributed by atoms with E-state index in [1.165, 1.54) is 0 Å². The van der Waals surface area contributed by atoms with Crippen LogP contribution in [-0.2, 0) is 0 Å². The predicted molar refractivity (Wildman–Crippen MR) is 220 cm³/mol. The van der Waals surface area contributed by atoms with E-state index in [-0.39, 0.29) is 0 Å². The van der Waals surface area contributed by atoms with Crippen molar-refractivity contribution in [3.05, 3.63) is 169 Å². The number of hydrogen-bond donors (Lipinski definition) is 0. The number of benzene rings is 8. The number of para-hydroxylation sites is 6. The lowest BCUT2D eigenvalue weighted by Gasteiger charge is -2.19. The van der Waals surface area contributed by atoms with Crippen LogP contribution < -0.4 is 0 Å². The molecule has 0 radical (unpaired) electrons. The second kappa shape index (κ2) is 10.7. The van der Waals surface area contributed by atoms with Crippen molar-refractivity contribution in [3.8, 4) is 28.6 Å². The van der Waals surface area contributed by atoms with Gasteiger partial charge in [0, 0.05) is 54.2 Å². The van der Waals surface area contributed by atoms with Crippen LogP contribution in [0.3, 0.4) is 0 Å². The first-order valence-corrected chi connectivity index (χ1v) is 18.1. The number of nitrogens with zero attached hydrogens (tertiary/aromatic N) is 3. The topological polar surface area (TPSA) is 59.9 Å². The van der Waals surface area contributed by atoms with Crippen LogP contribution in [0, 0.1) is 11.3 Å². The van der Waals surface area contributed by atoms with Gasteiger partial charge in [0.15, 0.2) is 0 Å². The molecule has 4 aromatic heterocycles. The molecule has 12 aromatic rings. The third-order valence-electron chi connectivity index (χ3n) is 11.2. The molecule has 5 nitrogen and oxygen atoms in total. The van der Waals surface area contributed by atoms with Gasteiger partial charge in [-0.1, -0.05) is 103 Å².